The molecule has 7 heteroatoms. The van der Waals surface area contributed by atoms with Gasteiger partial charge in [0.1, 0.15) is 6.04 Å². The van der Waals surface area contributed by atoms with Crippen molar-refractivity contribution in [3.8, 4) is 0 Å². The van der Waals surface area contributed by atoms with Crippen molar-refractivity contribution in [3.63, 3.8) is 0 Å². The molecule has 7 nitrogen and oxygen atoms in total. The predicted octanol–water partition coefficient (Wildman–Crippen LogP) is 0.232. The topological polar surface area (TPSA) is 95.6 Å². The van der Waals surface area contributed by atoms with Crippen molar-refractivity contribution in [2.75, 3.05) is 13.6 Å². The molecular weight excluding hydrogens is 298 g/mol. The van der Waals surface area contributed by atoms with Gasteiger partial charge in [0.15, 0.2) is 0 Å². The van der Waals surface area contributed by atoms with Gasteiger partial charge < -0.3 is 10.6 Å². The number of carbonyl (C=O) groups is 4. The number of amides is 4. The van der Waals surface area contributed by atoms with E-state index in [1.165, 1.54) is 14.0 Å². The van der Waals surface area contributed by atoms with Crippen LogP contribution >= 0.6 is 0 Å². The fourth-order valence-corrected chi connectivity index (χ4v) is 2.41. The Morgan fingerprint density at radius 2 is 1.83 bits per heavy atom. The first-order valence-corrected chi connectivity index (χ1v) is 7.33. The van der Waals surface area contributed by atoms with Crippen LogP contribution in [0.25, 0.3) is 0 Å². The molecule has 2 rings (SSSR count). The molecule has 1 aromatic rings. The molecule has 1 unspecified atom stereocenters. The van der Waals surface area contributed by atoms with E-state index in [1.54, 1.807) is 18.2 Å². The number of benzene rings is 1. The Balaban J connectivity index is 2.07. The highest BCUT2D eigenvalue weighted by Crippen LogP contribution is 2.25. The molecule has 0 spiro atoms. The quantitative estimate of drug-likeness (QED) is 0.760. The van der Waals surface area contributed by atoms with Gasteiger partial charge in [-0.15, -0.1) is 0 Å². The smallest absolute Gasteiger partial charge is 0.262 e. The maximum Gasteiger partial charge on any atom is 0.262 e. The number of nitrogens with one attached hydrogen (secondary N) is 2. The van der Waals surface area contributed by atoms with Crippen molar-refractivity contribution in [2.45, 2.75) is 26.3 Å². The first kappa shape index (κ1) is 16.7. The van der Waals surface area contributed by atoms with Crippen LogP contribution < -0.4 is 10.6 Å². The maximum absolute atomic E-state index is 12.4. The molecule has 1 aliphatic rings. The van der Waals surface area contributed by atoms with Gasteiger partial charge in [-0.05, 0) is 26.0 Å². The molecule has 4 amide bonds. The Morgan fingerprint density at radius 3 is 2.48 bits per heavy atom. The molecule has 0 bridgehead atoms. The first-order chi connectivity index (χ1) is 10.9. The number of carbonyl (C=O) groups excluding carboxylic acids is 4. The summed E-state index contributed by atoms with van der Waals surface area (Å²) < 4.78 is 0. The summed E-state index contributed by atoms with van der Waals surface area (Å²) in [7, 11) is 1.51. The van der Waals surface area contributed by atoms with Gasteiger partial charge in [-0.1, -0.05) is 11.6 Å². The second kappa shape index (κ2) is 6.60. The maximum atomic E-state index is 12.4. The summed E-state index contributed by atoms with van der Waals surface area (Å²) in [6, 6.07) is 4.06. The van der Waals surface area contributed by atoms with Gasteiger partial charge in [0.25, 0.3) is 11.8 Å². The zero-order valence-corrected chi connectivity index (χ0v) is 13.3. The van der Waals surface area contributed by atoms with E-state index in [1.807, 2.05) is 6.92 Å². The zero-order chi connectivity index (χ0) is 17.1. The first-order valence-electron chi connectivity index (χ1n) is 7.33. The lowest BCUT2D eigenvalue weighted by atomic mass is 10.1. The van der Waals surface area contributed by atoms with Crippen molar-refractivity contribution < 1.29 is 19.2 Å². The fraction of sp³-hybridized carbons (Fsp3) is 0.375. The normalized spacial score (nSPS) is 14.5. The minimum atomic E-state index is -0.938. The minimum absolute atomic E-state index is 0.135. The second-order valence-electron chi connectivity index (χ2n) is 5.42. The summed E-state index contributed by atoms with van der Waals surface area (Å²) in [4.78, 5) is 48.9. The average molecular weight is 317 g/mol. The third-order valence-corrected chi connectivity index (χ3v) is 3.77. The molecule has 1 aliphatic heterocycles. The number of rotatable bonds is 5. The van der Waals surface area contributed by atoms with Crippen LogP contribution in [-0.4, -0.2) is 48.2 Å². The monoisotopic (exact) mass is 317 g/mol. The molecule has 0 fully saturated rings. The van der Waals surface area contributed by atoms with Gasteiger partial charge in [-0.25, -0.2) is 0 Å². The number of hydrogen-bond acceptors (Lipinski definition) is 4. The van der Waals surface area contributed by atoms with Crippen LogP contribution in [0.5, 0.6) is 0 Å². The molecule has 1 aromatic carbocycles. The molecule has 0 saturated heterocycles. The minimum Gasteiger partial charge on any atom is -0.359 e. The lowest BCUT2D eigenvalue weighted by Gasteiger charge is -2.21. The van der Waals surface area contributed by atoms with E-state index >= 15 is 0 Å². The summed E-state index contributed by atoms with van der Waals surface area (Å²) in [6.45, 7) is 3.46. The van der Waals surface area contributed by atoms with Crippen molar-refractivity contribution in [1.82, 2.24) is 15.5 Å². The highest BCUT2D eigenvalue weighted by molar-refractivity contribution is 6.22. The van der Waals surface area contributed by atoms with E-state index in [0.717, 1.165) is 10.5 Å². The zero-order valence-electron chi connectivity index (χ0n) is 13.3. The Hall–Kier alpha value is -2.70. The van der Waals surface area contributed by atoms with Crippen LogP contribution in [0.3, 0.4) is 0 Å². The van der Waals surface area contributed by atoms with Gasteiger partial charge in [0.2, 0.25) is 11.8 Å². The Bertz CT molecular complexity index is 684. The molecule has 0 saturated carbocycles. The summed E-state index contributed by atoms with van der Waals surface area (Å²) in [5, 5.41) is 5.00. The molecule has 0 aliphatic carbocycles. The highest BCUT2D eigenvalue weighted by atomic mass is 16.2. The number of fused-ring (bicyclic) bond motifs is 1. The van der Waals surface area contributed by atoms with Gasteiger partial charge >= 0.3 is 0 Å². The van der Waals surface area contributed by atoms with E-state index in [2.05, 4.69) is 10.6 Å². The molecule has 0 aromatic heterocycles. The summed E-state index contributed by atoms with van der Waals surface area (Å²) in [5.74, 6) is -1.61. The Kier molecular flexibility index (Phi) is 4.78. The van der Waals surface area contributed by atoms with E-state index in [9.17, 15) is 19.2 Å². The third kappa shape index (κ3) is 3.23. The van der Waals surface area contributed by atoms with E-state index < -0.39 is 23.8 Å². The second-order valence-corrected chi connectivity index (χ2v) is 5.42. The molecule has 122 valence electrons. The molecule has 2 N–H and O–H groups in total. The van der Waals surface area contributed by atoms with Crippen molar-refractivity contribution in [1.29, 1.82) is 0 Å². The largest absolute Gasteiger partial charge is 0.359 e. The molecule has 0 radical (unpaired) electrons. The standard InChI is InChI=1S/C16H19N3O4/c1-9-4-5-11-12(8-9)16(23)19(15(11)22)10(2)14(21)18-7-6-13(20)17-3/h4-5,8,10H,6-7H2,1-3H3,(H,17,20)(H,18,21). The lowest BCUT2D eigenvalue weighted by molar-refractivity contribution is -0.124. The lowest BCUT2D eigenvalue weighted by Crippen LogP contribution is -2.48. The van der Waals surface area contributed by atoms with E-state index in [-0.39, 0.29) is 18.9 Å². The van der Waals surface area contributed by atoms with E-state index in [4.69, 9.17) is 0 Å². The van der Waals surface area contributed by atoms with Crippen LogP contribution in [-0.2, 0) is 9.59 Å². The molecule has 1 heterocycles. The molecular formula is C16H19N3O4. The number of nitrogens with zero attached hydrogens (tertiary/aromatic N) is 1. The van der Waals surface area contributed by atoms with Crippen molar-refractivity contribution >= 4 is 23.6 Å². The summed E-state index contributed by atoms with van der Waals surface area (Å²) >= 11 is 0. The van der Waals surface area contributed by atoms with Gasteiger partial charge in [0.05, 0.1) is 11.1 Å². The number of hydrogen-bond donors (Lipinski definition) is 2. The summed E-state index contributed by atoms with van der Waals surface area (Å²) in [6.07, 6.45) is 0.135. The van der Waals surface area contributed by atoms with Crippen LogP contribution in [0, 0.1) is 6.92 Å². The highest BCUT2D eigenvalue weighted by Gasteiger charge is 2.40. The van der Waals surface area contributed by atoms with Crippen molar-refractivity contribution in [2.24, 2.45) is 0 Å². The molecule has 1 atom stereocenters. The summed E-state index contributed by atoms with van der Waals surface area (Å²) in [5.41, 5.74) is 1.50. The number of imide groups is 1. The average Bonchev–Trinajstić information content (AvgIpc) is 2.77. The SMILES string of the molecule is CNC(=O)CCNC(=O)C(C)N1C(=O)c2ccc(C)cc2C1=O. The van der Waals surface area contributed by atoms with Gasteiger partial charge in [-0.2, -0.15) is 0 Å². The van der Waals surface area contributed by atoms with Gasteiger partial charge in [0, 0.05) is 20.0 Å². The van der Waals surface area contributed by atoms with Gasteiger partial charge in [-0.3, -0.25) is 24.1 Å². The Labute approximate surface area is 134 Å². The fourth-order valence-electron chi connectivity index (χ4n) is 2.41. The van der Waals surface area contributed by atoms with Crippen LogP contribution in [0.1, 0.15) is 39.6 Å². The predicted molar refractivity (Wildman–Crippen MR) is 82.8 cm³/mol. The molecule has 23 heavy (non-hydrogen) atoms. The van der Waals surface area contributed by atoms with Crippen LogP contribution in [0.15, 0.2) is 18.2 Å². The Morgan fingerprint density at radius 1 is 1.17 bits per heavy atom. The third-order valence-electron chi connectivity index (χ3n) is 3.77. The van der Waals surface area contributed by atoms with E-state index in [0.29, 0.717) is 11.1 Å². The number of aryl methyl sites for hydroxylation is 1. The van der Waals surface area contributed by atoms with Crippen LogP contribution in [0.4, 0.5) is 0 Å². The van der Waals surface area contributed by atoms with Crippen LogP contribution in [0.2, 0.25) is 0 Å². The van der Waals surface area contributed by atoms with Crippen molar-refractivity contribution in [3.05, 3.63) is 34.9 Å².